The Morgan fingerprint density at radius 3 is 2.62 bits per heavy atom. The van der Waals surface area contributed by atoms with Crippen molar-refractivity contribution in [2.75, 3.05) is 37.4 Å². The zero-order valence-corrected chi connectivity index (χ0v) is 17.2. The van der Waals surface area contributed by atoms with Crippen LogP contribution < -0.4 is 20.7 Å². The summed E-state index contributed by atoms with van der Waals surface area (Å²) in [6, 6.07) is 14.3. The maximum absolute atomic E-state index is 12.3. The smallest absolute Gasteiger partial charge is 0.251 e. The van der Waals surface area contributed by atoms with E-state index in [0.29, 0.717) is 30.2 Å². The summed E-state index contributed by atoms with van der Waals surface area (Å²) in [7, 11) is 1.62. The first-order valence-corrected chi connectivity index (χ1v) is 9.66. The summed E-state index contributed by atoms with van der Waals surface area (Å²) in [6.07, 6.45) is 0.780. The number of carbonyl (C=O) groups is 2. The van der Waals surface area contributed by atoms with Crippen molar-refractivity contribution in [2.45, 2.75) is 26.4 Å². The summed E-state index contributed by atoms with van der Waals surface area (Å²) in [4.78, 5) is 24.5. The topological polar surface area (TPSA) is 88.7 Å². The van der Waals surface area contributed by atoms with E-state index in [1.54, 1.807) is 31.4 Å². The highest BCUT2D eigenvalue weighted by Crippen LogP contribution is 2.24. The second-order valence-corrected chi connectivity index (χ2v) is 6.75. The lowest BCUT2D eigenvalue weighted by atomic mass is 10.2. The zero-order valence-electron chi connectivity index (χ0n) is 17.2. The van der Waals surface area contributed by atoms with E-state index in [2.05, 4.69) is 16.0 Å². The Balaban J connectivity index is 1.89. The van der Waals surface area contributed by atoms with E-state index in [-0.39, 0.29) is 24.5 Å². The molecular weight excluding hydrogens is 370 g/mol. The Morgan fingerprint density at radius 1 is 1.07 bits per heavy atom. The highest BCUT2D eigenvalue weighted by Gasteiger charge is 2.09. The number of rotatable bonds is 11. The first-order valence-electron chi connectivity index (χ1n) is 9.66. The van der Waals surface area contributed by atoms with Crippen molar-refractivity contribution in [3.05, 3.63) is 54.1 Å². The fourth-order valence-electron chi connectivity index (χ4n) is 2.61. The Hall–Kier alpha value is -3.06. The number of amides is 2. The summed E-state index contributed by atoms with van der Waals surface area (Å²) in [5, 5.41) is 8.71. The second kappa shape index (κ2) is 11.7. The number of benzene rings is 2. The molecule has 7 nitrogen and oxygen atoms in total. The van der Waals surface area contributed by atoms with Gasteiger partial charge in [-0.2, -0.15) is 0 Å². The summed E-state index contributed by atoms with van der Waals surface area (Å²) >= 11 is 0. The maximum Gasteiger partial charge on any atom is 0.251 e. The van der Waals surface area contributed by atoms with Crippen molar-refractivity contribution in [1.29, 1.82) is 0 Å². The van der Waals surface area contributed by atoms with E-state index in [1.807, 2.05) is 38.1 Å². The molecule has 0 aliphatic rings. The number of carbonyl (C=O) groups excluding carboxylic acids is 2. The minimum absolute atomic E-state index is 0.0372. The Kier molecular flexibility index (Phi) is 8.98. The van der Waals surface area contributed by atoms with Gasteiger partial charge in [0.1, 0.15) is 5.75 Å². The molecule has 0 fully saturated rings. The first kappa shape index (κ1) is 22.2. The summed E-state index contributed by atoms with van der Waals surface area (Å²) in [5.74, 6) is 0.291. The van der Waals surface area contributed by atoms with Gasteiger partial charge in [0.05, 0.1) is 18.3 Å². The zero-order chi connectivity index (χ0) is 21.1. The molecule has 2 rings (SSSR count). The number of hydrogen-bond donors (Lipinski definition) is 3. The van der Waals surface area contributed by atoms with Gasteiger partial charge in [-0.3, -0.25) is 9.59 Å². The van der Waals surface area contributed by atoms with Crippen molar-refractivity contribution in [3.8, 4) is 5.75 Å². The lowest BCUT2D eigenvalue weighted by Crippen LogP contribution is -2.25. The monoisotopic (exact) mass is 399 g/mol. The minimum atomic E-state index is -0.220. The Morgan fingerprint density at radius 2 is 1.86 bits per heavy atom. The molecule has 0 saturated carbocycles. The van der Waals surface area contributed by atoms with Gasteiger partial charge in [0.25, 0.3) is 5.91 Å². The molecule has 2 aromatic rings. The molecule has 0 aromatic heterocycles. The maximum atomic E-state index is 12.3. The molecular formula is C22H29N3O4. The van der Waals surface area contributed by atoms with Crippen LogP contribution in [0.15, 0.2) is 48.5 Å². The predicted molar refractivity (Wildman–Crippen MR) is 115 cm³/mol. The van der Waals surface area contributed by atoms with Gasteiger partial charge in [0.15, 0.2) is 0 Å². The molecule has 156 valence electrons. The van der Waals surface area contributed by atoms with Crippen LogP contribution in [0.3, 0.4) is 0 Å². The molecule has 29 heavy (non-hydrogen) atoms. The van der Waals surface area contributed by atoms with Crippen molar-refractivity contribution in [1.82, 2.24) is 5.32 Å². The van der Waals surface area contributed by atoms with Crippen LogP contribution in [0.4, 0.5) is 11.4 Å². The third-order valence-electron chi connectivity index (χ3n) is 3.91. The molecule has 0 heterocycles. The fraction of sp³-hybridized carbons (Fsp3) is 0.364. The van der Waals surface area contributed by atoms with E-state index >= 15 is 0 Å². The molecule has 0 atom stereocenters. The van der Waals surface area contributed by atoms with Crippen LogP contribution in [0.5, 0.6) is 5.75 Å². The van der Waals surface area contributed by atoms with E-state index in [9.17, 15) is 9.59 Å². The van der Waals surface area contributed by atoms with Crippen LogP contribution in [0.2, 0.25) is 0 Å². The summed E-state index contributed by atoms with van der Waals surface area (Å²) in [6.45, 7) is 5.10. The van der Waals surface area contributed by atoms with Gasteiger partial charge < -0.3 is 25.4 Å². The van der Waals surface area contributed by atoms with Gasteiger partial charge in [0, 0.05) is 31.5 Å². The normalized spacial score (nSPS) is 10.5. The SMILES string of the molecule is COCCCNC(=O)c1cccc(NC(=O)CNc2ccccc2OC(C)C)c1. The second-order valence-electron chi connectivity index (χ2n) is 6.75. The standard InChI is InChI=1S/C22H29N3O4/c1-16(2)29-20-11-5-4-10-19(20)24-15-21(26)25-18-9-6-8-17(14-18)22(27)23-12-7-13-28-3/h4-6,8-11,14,16,24H,7,12-13,15H2,1-3H3,(H,23,27)(H,25,26). The Labute approximate surface area is 171 Å². The summed E-state index contributed by atoms with van der Waals surface area (Å²) < 4.78 is 10.7. The van der Waals surface area contributed by atoms with Gasteiger partial charge in [-0.1, -0.05) is 18.2 Å². The van der Waals surface area contributed by atoms with E-state index < -0.39 is 0 Å². The van der Waals surface area contributed by atoms with E-state index in [4.69, 9.17) is 9.47 Å². The molecule has 0 unspecified atom stereocenters. The molecule has 3 N–H and O–H groups in total. The molecule has 2 aromatic carbocycles. The average Bonchev–Trinajstić information content (AvgIpc) is 2.70. The number of para-hydroxylation sites is 2. The largest absolute Gasteiger partial charge is 0.489 e. The number of ether oxygens (including phenoxy) is 2. The third kappa shape index (κ3) is 7.83. The first-order chi connectivity index (χ1) is 14.0. The van der Waals surface area contributed by atoms with Crippen LogP contribution in [0.25, 0.3) is 0 Å². The van der Waals surface area contributed by atoms with Crippen molar-refractivity contribution >= 4 is 23.2 Å². The molecule has 0 radical (unpaired) electrons. The van der Waals surface area contributed by atoms with Gasteiger partial charge in [-0.05, 0) is 50.6 Å². The average molecular weight is 399 g/mol. The number of hydrogen-bond acceptors (Lipinski definition) is 5. The Bertz CT molecular complexity index is 808. The van der Waals surface area contributed by atoms with Crippen molar-refractivity contribution in [2.24, 2.45) is 0 Å². The van der Waals surface area contributed by atoms with Crippen LogP contribution in [-0.4, -0.2) is 44.7 Å². The predicted octanol–water partition coefficient (Wildman–Crippen LogP) is 3.29. The third-order valence-corrected chi connectivity index (χ3v) is 3.91. The lowest BCUT2D eigenvalue weighted by Gasteiger charge is -2.15. The highest BCUT2D eigenvalue weighted by atomic mass is 16.5. The van der Waals surface area contributed by atoms with Gasteiger partial charge >= 0.3 is 0 Å². The van der Waals surface area contributed by atoms with E-state index in [1.165, 1.54) is 0 Å². The minimum Gasteiger partial charge on any atom is -0.489 e. The highest BCUT2D eigenvalue weighted by molar-refractivity contribution is 5.98. The summed E-state index contributed by atoms with van der Waals surface area (Å²) in [5.41, 5.74) is 1.80. The molecule has 0 aliphatic carbocycles. The molecule has 0 bridgehead atoms. The molecule has 7 heteroatoms. The van der Waals surface area contributed by atoms with Gasteiger partial charge in [0.2, 0.25) is 5.91 Å². The van der Waals surface area contributed by atoms with E-state index in [0.717, 1.165) is 12.1 Å². The fourth-order valence-corrected chi connectivity index (χ4v) is 2.61. The van der Waals surface area contributed by atoms with Crippen LogP contribution in [-0.2, 0) is 9.53 Å². The number of nitrogens with one attached hydrogen (secondary N) is 3. The molecule has 0 aliphatic heterocycles. The lowest BCUT2D eigenvalue weighted by molar-refractivity contribution is -0.114. The van der Waals surface area contributed by atoms with Crippen molar-refractivity contribution < 1.29 is 19.1 Å². The number of methoxy groups -OCH3 is 1. The van der Waals surface area contributed by atoms with Gasteiger partial charge in [-0.25, -0.2) is 0 Å². The van der Waals surface area contributed by atoms with Crippen molar-refractivity contribution in [3.63, 3.8) is 0 Å². The van der Waals surface area contributed by atoms with Crippen LogP contribution in [0.1, 0.15) is 30.6 Å². The molecule has 0 saturated heterocycles. The van der Waals surface area contributed by atoms with Crippen LogP contribution >= 0.6 is 0 Å². The molecule has 2 amide bonds. The molecule has 0 spiro atoms. The quantitative estimate of drug-likeness (QED) is 0.505. The van der Waals surface area contributed by atoms with Crippen LogP contribution in [0, 0.1) is 0 Å². The number of anilines is 2. The van der Waals surface area contributed by atoms with Gasteiger partial charge in [-0.15, -0.1) is 0 Å².